The smallest absolute Gasteiger partial charge is 0.130 e. The summed E-state index contributed by atoms with van der Waals surface area (Å²) in [6.45, 7) is 5.19. The number of rotatable bonds is 4. The molecule has 0 spiro atoms. The molecular weight excluding hydrogens is 290 g/mol. The zero-order valence-corrected chi connectivity index (χ0v) is 12.5. The highest BCUT2D eigenvalue weighted by Gasteiger charge is 2.19. The molecule has 0 saturated heterocycles. The molecule has 0 saturated carbocycles. The Hall–Kier alpha value is -1.13. The van der Waals surface area contributed by atoms with Crippen LogP contribution in [-0.4, -0.2) is 16.6 Å². The maximum atomic E-state index is 4.49. The second kappa shape index (κ2) is 5.67. The van der Waals surface area contributed by atoms with Crippen LogP contribution in [0.2, 0.25) is 0 Å². The number of imidazole rings is 1. The van der Waals surface area contributed by atoms with Gasteiger partial charge in [-0.25, -0.2) is 4.98 Å². The van der Waals surface area contributed by atoms with Crippen LogP contribution in [0, 0.1) is 6.92 Å². The first-order chi connectivity index (χ1) is 8.69. The van der Waals surface area contributed by atoms with Gasteiger partial charge in [0.1, 0.15) is 5.82 Å². The lowest BCUT2D eigenvalue weighted by atomic mass is 10.0. The lowest BCUT2D eigenvalue weighted by molar-refractivity contribution is 0.588. The van der Waals surface area contributed by atoms with Gasteiger partial charge in [0.2, 0.25) is 0 Å². The molecule has 18 heavy (non-hydrogen) atoms. The summed E-state index contributed by atoms with van der Waals surface area (Å²) in [5.74, 6) is 1.06. The summed E-state index contributed by atoms with van der Waals surface area (Å²) >= 11 is 3.59. The Labute approximate surface area is 116 Å². The van der Waals surface area contributed by atoms with Crippen molar-refractivity contribution in [3.63, 3.8) is 0 Å². The minimum Gasteiger partial charge on any atom is -0.334 e. The van der Waals surface area contributed by atoms with Gasteiger partial charge in [-0.05, 0) is 38.1 Å². The highest BCUT2D eigenvalue weighted by molar-refractivity contribution is 9.10. The largest absolute Gasteiger partial charge is 0.334 e. The predicted octanol–water partition coefficient (Wildman–Crippen LogP) is 3.28. The topological polar surface area (TPSA) is 29.9 Å². The van der Waals surface area contributed by atoms with Crippen molar-refractivity contribution in [2.45, 2.75) is 26.4 Å². The van der Waals surface area contributed by atoms with E-state index in [1.165, 1.54) is 11.1 Å². The molecule has 4 heteroatoms. The lowest BCUT2D eigenvalue weighted by Gasteiger charge is -2.20. The summed E-state index contributed by atoms with van der Waals surface area (Å²) in [5.41, 5.74) is 2.51. The SMILES string of the molecule is CCn1ccnc1C(NC)c1cccc(Br)c1C. The van der Waals surface area contributed by atoms with Crippen molar-refractivity contribution in [3.8, 4) is 0 Å². The van der Waals surface area contributed by atoms with Gasteiger partial charge in [0, 0.05) is 23.4 Å². The van der Waals surface area contributed by atoms with Crippen molar-refractivity contribution in [2.24, 2.45) is 0 Å². The zero-order chi connectivity index (χ0) is 13.1. The van der Waals surface area contributed by atoms with Gasteiger partial charge in [-0.1, -0.05) is 28.1 Å². The molecule has 3 nitrogen and oxygen atoms in total. The molecule has 2 aromatic rings. The van der Waals surface area contributed by atoms with Gasteiger partial charge in [-0.15, -0.1) is 0 Å². The fourth-order valence-electron chi connectivity index (χ4n) is 2.21. The van der Waals surface area contributed by atoms with Gasteiger partial charge < -0.3 is 9.88 Å². The minimum atomic E-state index is 0.123. The van der Waals surface area contributed by atoms with Crippen LogP contribution in [-0.2, 0) is 6.54 Å². The zero-order valence-electron chi connectivity index (χ0n) is 10.9. The highest BCUT2D eigenvalue weighted by atomic mass is 79.9. The molecule has 0 radical (unpaired) electrons. The van der Waals surface area contributed by atoms with Gasteiger partial charge in [0.25, 0.3) is 0 Å². The van der Waals surface area contributed by atoms with E-state index in [4.69, 9.17) is 0 Å². The second-order valence-corrected chi connectivity index (χ2v) is 5.10. The standard InChI is InChI=1S/C14H18BrN3/c1-4-18-9-8-17-14(18)13(16-3)11-6-5-7-12(15)10(11)2/h5-9,13,16H,4H2,1-3H3. The van der Waals surface area contributed by atoms with Crippen LogP contribution in [0.25, 0.3) is 0 Å². The number of aromatic nitrogens is 2. The van der Waals surface area contributed by atoms with Crippen molar-refractivity contribution >= 4 is 15.9 Å². The van der Waals surface area contributed by atoms with Crippen LogP contribution in [0.15, 0.2) is 35.1 Å². The molecule has 1 aromatic heterocycles. The third-order valence-corrected chi connectivity index (χ3v) is 4.11. The van der Waals surface area contributed by atoms with Crippen molar-refractivity contribution in [1.82, 2.24) is 14.9 Å². The third kappa shape index (κ3) is 2.35. The number of hydrogen-bond acceptors (Lipinski definition) is 2. The van der Waals surface area contributed by atoms with E-state index < -0.39 is 0 Å². The lowest BCUT2D eigenvalue weighted by Crippen LogP contribution is -2.22. The molecule has 0 aliphatic carbocycles. The van der Waals surface area contributed by atoms with E-state index in [9.17, 15) is 0 Å². The summed E-state index contributed by atoms with van der Waals surface area (Å²) in [6.07, 6.45) is 3.88. The number of nitrogens with zero attached hydrogens (tertiary/aromatic N) is 2. The number of hydrogen-bond donors (Lipinski definition) is 1. The molecule has 0 bridgehead atoms. The van der Waals surface area contributed by atoms with Gasteiger partial charge >= 0.3 is 0 Å². The van der Waals surface area contributed by atoms with Crippen LogP contribution in [0.4, 0.5) is 0 Å². The average Bonchev–Trinajstić information content (AvgIpc) is 2.83. The van der Waals surface area contributed by atoms with Gasteiger partial charge in [-0.3, -0.25) is 0 Å². The van der Waals surface area contributed by atoms with Gasteiger partial charge in [0.05, 0.1) is 6.04 Å². The molecule has 1 N–H and O–H groups in total. The van der Waals surface area contributed by atoms with Crippen molar-refractivity contribution in [3.05, 3.63) is 52.0 Å². The number of halogens is 1. The summed E-state index contributed by atoms with van der Waals surface area (Å²) in [5, 5.41) is 3.36. The van der Waals surface area contributed by atoms with Crippen molar-refractivity contribution < 1.29 is 0 Å². The van der Waals surface area contributed by atoms with E-state index in [0.717, 1.165) is 16.8 Å². The fraction of sp³-hybridized carbons (Fsp3) is 0.357. The maximum absolute atomic E-state index is 4.49. The van der Waals surface area contributed by atoms with E-state index in [1.54, 1.807) is 0 Å². The molecule has 2 rings (SSSR count). The molecule has 1 aromatic carbocycles. The van der Waals surface area contributed by atoms with Crippen LogP contribution in [0.1, 0.15) is 29.9 Å². The highest BCUT2D eigenvalue weighted by Crippen LogP contribution is 2.28. The van der Waals surface area contributed by atoms with Crippen LogP contribution < -0.4 is 5.32 Å². The third-order valence-electron chi connectivity index (χ3n) is 3.26. The predicted molar refractivity (Wildman–Crippen MR) is 77.7 cm³/mol. The first-order valence-corrected chi connectivity index (χ1v) is 6.91. The van der Waals surface area contributed by atoms with Crippen LogP contribution in [0.3, 0.4) is 0 Å². The Morgan fingerprint density at radius 3 is 2.89 bits per heavy atom. The molecule has 96 valence electrons. The minimum absolute atomic E-state index is 0.123. The van der Waals surface area contributed by atoms with Gasteiger partial charge in [-0.2, -0.15) is 0 Å². The van der Waals surface area contributed by atoms with Crippen molar-refractivity contribution in [1.29, 1.82) is 0 Å². The number of aryl methyl sites for hydroxylation is 1. The maximum Gasteiger partial charge on any atom is 0.130 e. The Morgan fingerprint density at radius 2 is 2.22 bits per heavy atom. The van der Waals surface area contributed by atoms with Crippen LogP contribution >= 0.6 is 15.9 Å². The van der Waals surface area contributed by atoms with E-state index in [-0.39, 0.29) is 6.04 Å². The van der Waals surface area contributed by atoms with E-state index in [0.29, 0.717) is 0 Å². The summed E-state index contributed by atoms with van der Waals surface area (Å²) < 4.78 is 3.30. The first kappa shape index (κ1) is 13.3. The average molecular weight is 308 g/mol. The fourth-order valence-corrected chi connectivity index (χ4v) is 2.59. The van der Waals surface area contributed by atoms with E-state index in [2.05, 4.69) is 62.8 Å². The Kier molecular flexibility index (Phi) is 4.19. The normalized spacial score (nSPS) is 12.7. The Balaban J connectivity index is 2.49. The second-order valence-electron chi connectivity index (χ2n) is 4.25. The molecule has 1 atom stereocenters. The molecular formula is C14H18BrN3. The van der Waals surface area contributed by atoms with E-state index >= 15 is 0 Å². The number of benzene rings is 1. The monoisotopic (exact) mass is 307 g/mol. The first-order valence-electron chi connectivity index (χ1n) is 6.12. The molecule has 0 amide bonds. The Bertz CT molecular complexity index is 534. The number of nitrogens with one attached hydrogen (secondary N) is 1. The van der Waals surface area contributed by atoms with Crippen molar-refractivity contribution in [2.75, 3.05) is 7.05 Å². The molecule has 1 unspecified atom stereocenters. The summed E-state index contributed by atoms with van der Waals surface area (Å²) in [6, 6.07) is 6.40. The van der Waals surface area contributed by atoms with Gasteiger partial charge in [0.15, 0.2) is 0 Å². The molecule has 0 aliphatic heterocycles. The molecule has 1 heterocycles. The van der Waals surface area contributed by atoms with Crippen LogP contribution in [0.5, 0.6) is 0 Å². The molecule has 0 fully saturated rings. The quantitative estimate of drug-likeness (QED) is 0.939. The summed E-state index contributed by atoms with van der Waals surface area (Å²) in [7, 11) is 1.97. The molecule has 0 aliphatic rings. The Morgan fingerprint density at radius 1 is 1.44 bits per heavy atom. The summed E-state index contributed by atoms with van der Waals surface area (Å²) in [4.78, 5) is 4.49. The van der Waals surface area contributed by atoms with E-state index in [1.807, 2.05) is 19.4 Å².